The molecule has 0 heterocycles. The maximum Gasteiger partial charge on any atom is -0.0225 e. The predicted molar refractivity (Wildman–Crippen MR) is 80.1 cm³/mol. The number of allylic oxidation sites excluding steroid dienone is 4. The van der Waals surface area contributed by atoms with E-state index < -0.39 is 0 Å². The Balaban J connectivity index is 0.00000121. The summed E-state index contributed by atoms with van der Waals surface area (Å²) >= 11 is 0. The van der Waals surface area contributed by atoms with Crippen LogP contribution in [0, 0.1) is 0 Å². The minimum absolute atomic E-state index is 1.08. The Hall–Kier alpha value is -1.30. The Bertz CT molecular complexity index is 362. The summed E-state index contributed by atoms with van der Waals surface area (Å²) in [7, 11) is 0. The number of rotatable bonds is 3. The summed E-state index contributed by atoms with van der Waals surface area (Å²) in [5.74, 6) is 0. The van der Waals surface area contributed by atoms with E-state index in [1.54, 1.807) is 0 Å². The first-order valence-electron chi connectivity index (χ1n) is 6.55. The molecule has 0 heteroatoms. The summed E-state index contributed by atoms with van der Waals surface area (Å²) in [6, 6.07) is 10.6. The molecule has 0 fully saturated rings. The van der Waals surface area contributed by atoms with Gasteiger partial charge in [-0.1, -0.05) is 68.3 Å². The average Bonchev–Trinajstić information content (AvgIpc) is 2.38. The Morgan fingerprint density at radius 3 is 1.94 bits per heavy atom. The fourth-order valence-electron chi connectivity index (χ4n) is 1.45. The molecule has 0 amide bonds. The van der Waals surface area contributed by atoms with Gasteiger partial charge in [-0.15, -0.1) is 0 Å². The van der Waals surface area contributed by atoms with Gasteiger partial charge in [0.25, 0.3) is 0 Å². The van der Waals surface area contributed by atoms with Crippen molar-refractivity contribution in [1.29, 1.82) is 0 Å². The molecule has 0 aliphatic heterocycles. The van der Waals surface area contributed by atoms with E-state index >= 15 is 0 Å². The minimum Gasteiger partial charge on any atom is -0.0735 e. The average molecular weight is 230 g/mol. The third-order valence-corrected chi connectivity index (χ3v) is 2.70. The van der Waals surface area contributed by atoms with Crippen LogP contribution >= 0.6 is 0 Å². The number of hydrogen-bond donors (Lipinski definition) is 0. The lowest BCUT2D eigenvalue weighted by molar-refractivity contribution is 1.22. The fraction of sp³-hybridized carbons (Fsp3) is 0.412. The second-order valence-corrected chi connectivity index (χ2v) is 4.07. The van der Waals surface area contributed by atoms with E-state index in [0.29, 0.717) is 0 Å². The van der Waals surface area contributed by atoms with Crippen LogP contribution in [-0.4, -0.2) is 0 Å². The molecule has 0 saturated carbocycles. The summed E-state index contributed by atoms with van der Waals surface area (Å²) in [4.78, 5) is 0. The molecule has 0 N–H and O–H groups in total. The maximum absolute atomic E-state index is 2.30. The monoisotopic (exact) mass is 230 g/mol. The van der Waals surface area contributed by atoms with Crippen LogP contribution in [0.2, 0.25) is 0 Å². The van der Waals surface area contributed by atoms with Crippen molar-refractivity contribution in [3.8, 4) is 0 Å². The summed E-state index contributed by atoms with van der Waals surface area (Å²) < 4.78 is 0. The van der Waals surface area contributed by atoms with Crippen LogP contribution in [-0.2, 0) is 0 Å². The van der Waals surface area contributed by atoms with Gasteiger partial charge >= 0.3 is 0 Å². The van der Waals surface area contributed by atoms with E-state index in [4.69, 9.17) is 0 Å². The quantitative estimate of drug-likeness (QED) is 0.570. The third-order valence-electron chi connectivity index (χ3n) is 2.70. The van der Waals surface area contributed by atoms with Crippen LogP contribution in [0.4, 0.5) is 0 Å². The highest BCUT2D eigenvalue weighted by Gasteiger charge is 1.98. The van der Waals surface area contributed by atoms with Crippen molar-refractivity contribution in [3.05, 3.63) is 53.1 Å². The van der Waals surface area contributed by atoms with E-state index in [1.165, 1.54) is 22.3 Å². The van der Waals surface area contributed by atoms with Crippen molar-refractivity contribution in [2.75, 3.05) is 0 Å². The normalized spacial score (nSPS) is 10.4. The predicted octanol–water partition coefficient (Wildman–Crippen LogP) is 5.86. The van der Waals surface area contributed by atoms with Crippen LogP contribution in [0.25, 0.3) is 5.57 Å². The van der Waals surface area contributed by atoms with Gasteiger partial charge in [-0.05, 0) is 38.3 Å². The lowest BCUT2D eigenvalue weighted by Crippen LogP contribution is -1.84. The van der Waals surface area contributed by atoms with E-state index in [1.807, 2.05) is 13.8 Å². The first-order chi connectivity index (χ1) is 8.15. The summed E-state index contributed by atoms with van der Waals surface area (Å²) in [5.41, 5.74) is 5.50. The molecule has 1 rings (SSSR count). The largest absolute Gasteiger partial charge is 0.0735 e. The third kappa shape index (κ3) is 5.53. The van der Waals surface area contributed by atoms with Gasteiger partial charge < -0.3 is 0 Å². The molecule has 17 heavy (non-hydrogen) atoms. The minimum atomic E-state index is 1.08. The molecule has 1 aromatic carbocycles. The summed E-state index contributed by atoms with van der Waals surface area (Å²) in [6.45, 7) is 12.7. The topological polar surface area (TPSA) is 0 Å². The second kappa shape index (κ2) is 8.81. The maximum atomic E-state index is 2.30. The highest BCUT2D eigenvalue weighted by atomic mass is 14.0. The van der Waals surface area contributed by atoms with Crippen molar-refractivity contribution < 1.29 is 0 Å². The molecule has 0 nitrogen and oxygen atoms in total. The molecule has 94 valence electrons. The lowest BCUT2D eigenvalue weighted by Gasteiger charge is -2.06. The van der Waals surface area contributed by atoms with E-state index in [-0.39, 0.29) is 0 Å². The summed E-state index contributed by atoms with van der Waals surface area (Å²) in [5, 5.41) is 0. The van der Waals surface area contributed by atoms with Gasteiger partial charge in [0, 0.05) is 0 Å². The zero-order valence-electron chi connectivity index (χ0n) is 12.2. The van der Waals surface area contributed by atoms with Crippen LogP contribution in [0.1, 0.15) is 53.5 Å². The van der Waals surface area contributed by atoms with Crippen LogP contribution in [0.5, 0.6) is 0 Å². The Kier molecular flexibility index (Phi) is 8.13. The first kappa shape index (κ1) is 15.7. The highest BCUT2D eigenvalue weighted by Crippen LogP contribution is 2.20. The lowest BCUT2D eigenvalue weighted by atomic mass is 10.00. The molecule has 1 aromatic rings. The van der Waals surface area contributed by atoms with Gasteiger partial charge in [-0.2, -0.15) is 0 Å². The molecular formula is C17H26. The molecule has 0 atom stereocenters. The number of hydrogen-bond acceptors (Lipinski definition) is 0. The molecule has 0 radical (unpaired) electrons. The van der Waals surface area contributed by atoms with Crippen molar-refractivity contribution in [1.82, 2.24) is 0 Å². The molecule has 0 saturated heterocycles. The Morgan fingerprint density at radius 1 is 1.00 bits per heavy atom. The zero-order chi connectivity index (χ0) is 13.3. The molecule has 0 aliphatic rings. The van der Waals surface area contributed by atoms with Crippen LogP contribution in [0.15, 0.2) is 47.6 Å². The van der Waals surface area contributed by atoms with Crippen molar-refractivity contribution in [2.24, 2.45) is 0 Å². The summed E-state index contributed by atoms with van der Waals surface area (Å²) in [6.07, 6.45) is 3.37. The molecule has 0 aromatic heterocycles. The van der Waals surface area contributed by atoms with Crippen LogP contribution < -0.4 is 0 Å². The van der Waals surface area contributed by atoms with Crippen LogP contribution in [0.3, 0.4) is 0 Å². The van der Waals surface area contributed by atoms with Gasteiger partial charge in [0.1, 0.15) is 0 Å². The van der Waals surface area contributed by atoms with Crippen molar-refractivity contribution >= 4 is 5.57 Å². The molecular weight excluding hydrogens is 204 g/mol. The highest BCUT2D eigenvalue weighted by molar-refractivity contribution is 5.67. The molecule has 0 aliphatic carbocycles. The van der Waals surface area contributed by atoms with Gasteiger partial charge in [-0.25, -0.2) is 0 Å². The van der Waals surface area contributed by atoms with E-state index in [2.05, 4.69) is 64.1 Å². The van der Waals surface area contributed by atoms with Crippen molar-refractivity contribution in [3.63, 3.8) is 0 Å². The first-order valence-corrected chi connectivity index (χ1v) is 6.55. The molecule has 0 bridgehead atoms. The second-order valence-electron chi connectivity index (χ2n) is 4.07. The van der Waals surface area contributed by atoms with Gasteiger partial charge in [-0.3, -0.25) is 0 Å². The Morgan fingerprint density at radius 2 is 1.53 bits per heavy atom. The van der Waals surface area contributed by atoms with Crippen molar-refractivity contribution in [2.45, 2.75) is 48.0 Å². The van der Waals surface area contributed by atoms with Gasteiger partial charge in [0.05, 0.1) is 0 Å². The van der Waals surface area contributed by atoms with E-state index in [9.17, 15) is 0 Å². The molecule has 0 unspecified atom stereocenters. The molecule has 0 spiro atoms. The van der Waals surface area contributed by atoms with E-state index in [0.717, 1.165) is 6.42 Å². The van der Waals surface area contributed by atoms with Gasteiger partial charge in [0.15, 0.2) is 0 Å². The SMILES string of the molecule is CC.CC/C(=C\C(C)=C(C)C)c1ccccc1. The van der Waals surface area contributed by atoms with Gasteiger partial charge in [0.2, 0.25) is 0 Å². The number of benzene rings is 1. The Labute approximate surface area is 107 Å². The zero-order valence-corrected chi connectivity index (χ0v) is 12.2. The standard InChI is InChI=1S/C15H20.C2H6/c1-5-14(11-13(4)12(2)3)15-9-7-6-8-10-15;1-2/h6-11H,5H2,1-4H3;1-2H3/b14-11+;. The fourth-order valence-corrected chi connectivity index (χ4v) is 1.45. The smallest absolute Gasteiger partial charge is 0.0225 e.